The Morgan fingerprint density at radius 2 is 0.860 bits per heavy atom. The SMILES string of the molecule is O=C(NCCCN(CCCC(C(=O)O)N(CCCNC(=O)OCc1ccccc1)C(=O)OCc1ccccc1)C(=O)OCc1ccccc1)OCc1ccccc1. The zero-order valence-electron chi connectivity index (χ0n) is 31.8. The standard InChI is InChI=1S/C43H50N4O10/c48-39(49)38(47(43(53)57-33-37-22-11-4-12-23-37)29-15-26-45-41(51)55-31-35-18-7-2-8-19-35)24-13-27-46(42(52)56-32-36-20-9-3-10-21-36)28-14-25-44-40(50)54-30-34-16-5-1-6-17-34/h1-12,16-23,38H,13-15,24-33H2,(H,44,50)(H,45,51)(H,48,49). The molecule has 0 saturated heterocycles. The van der Waals surface area contributed by atoms with Crippen LogP contribution in [0.1, 0.15) is 47.9 Å². The van der Waals surface area contributed by atoms with Crippen molar-refractivity contribution in [2.45, 2.75) is 58.2 Å². The molecule has 0 heterocycles. The Morgan fingerprint density at radius 1 is 0.491 bits per heavy atom. The van der Waals surface area contributed by atoms with Crippen LogP contribution < -0.4 is 10.6 Å². The van der Waals surface area contributed by atoms with Crippen LogP contribution in [0.4, 0.5) is 19.2 Å². The van der Waals surface area contributed by atoms with Crippen molar-refractivity contribution in [1.82, 2.24) is 20.4 Å². The highest BCUT2D eigenvalue weighted by Crippen LogP contribution is 2.15. The lowest BCUT2D eigenvalue weighted by Crippen LogP contribution is -2.47. The van der Waals surface area contributed by atoms with Crippen LogP contribution in [0.15, 0.2) is 121 Å². The molecule has 14 nitrogen and oxygen atoms in total. The van der Waals surface area contributed by atoms with E-state index in [1.165, 1.54) is 4.90 Å². The van der Waals surface area contributed by atoms with Crippen LogP contribution in [0, 0.1) is 0 Å². The molecule has 302 valence electrons. The summed E-state index contributed by atoms with van der Waals surface area (Å²) >= 11 is 0. The number of amides is 4. The smallest absolute Gasteiger partial charge is 0.410 e. The first-order valence-corrected chi connectivity index (χ1v) is 18.8. The first-order valence-electron chi connectivity index (χ1n) is 18.8. The third kappa shape index (κ3) is 16.8. The largest absolute Gasteiger partial charge is 0.480 e. The van der Waals surface area contributed by atoms with Gasteiger partial charge >= 0.3 is 30.3 Å². The quantitative estimate of drug-likeness (QED) is 0.0550. The van der Waals surface area contributed by atoms with Crippen molar-refractivity contribution in [2.75, 3.05) is 32.7 Å². The van der Waals surface area contributed by atoms with Crippen LogP contribution >= 0.6 is 0 Å². The van der Waals surface area contributed by atoms with Gasteiger partial charge in [-0.25, -0.2) is 24.0 Å². The van der Waals surface area contributed by atoms with Gasteiger partial charge in [0.15, 0.2) is 0 Å². The predicted octanol–water partition coefficient (Wildman–Crippen LogP) is 7.13. The number of hydrogen-bond donors (Lipinski definition) is 3. The Balaban J connectivity index is 1.33. The highest BCUT2D eigenvalue weighted by atomic mass is 16.6. The van der Waals surface area contributed by atoms with Gasteiger partial charge in [-0.2, -0.15) is 0 Å². The second-order valence-electron chi connectivity index (χ2n) is 12.9. The monoisotopic (exact) mass is 782 g/mol. The number of rotatable bonds is 22. The van der Waals surface area contributed by atoms with Crippen LogP contribution in [0.5, 0.6) is 0 Å². The fourth-order valence-corrected chi connectivity index (χ4v) is 5.62. The van der Waals surface area contributed by atoms with Crippen LogP contribution in [0.3, 0.4) is 0 Å². The number of hydrogen-bond acceptors (Lipinski definition) is 9. The van der Waals surface area contributed by atoms with Crippen LogP contribution in [0.2, 0.25) is 0 Å². The molecule has 0 aromatic heterocycles. The maximum absolute atomic E-state index is 13.4. The Hall–Kier alpha value is -6.57. The molecule has 4 amide bonds. The zero-order chi connectivity index (χ0) is 40.5. The number of aliphatic carboxylic acids is 1. The lowest BCUT2D eigenvalue weighted by molar-refractivity contribution is -0.143. The average molecular weight is 783 g/mol. The Labute approximate surface area is 332 Å². The number of carboxylic acids is 1. The maximum Gasteiger partial charge on any atom is 0.410 e. The van der Waals surface area contributed by atoms with E-state index in [0.717, 1.165) is 27.2 Å². The minimum atomic E-state index is -1.30. The van der Waals surface area contributed by atoms with Crippen molar-refractivity contribution < 1.29 is 48.0 Å². The van der Waals surface area contributed by atoms with Gasteiger partial charge in [0.05, 0.1) is 0 Å². The van der Waals surface area contributed by atoms with Gasteiger partial charge in [0, 0.05) is 32.7 Å². The molecule has 0 spiro atoms. The van der Waals surface area contributed by atoms with Gasteiger partial charge < -0.3 is 39.6 Å². The molecule has 4 rings (SSSR count). The van der Waals surface area contributed by atoms with Gasteiger partial charge in [-0.15, -0.1) is 0 Å². The van der Waals surface area contributed by atoms with E-state index in [4.69, 9.17) is 18.9 Å². The number of alkyl carbamates (subject to hydrolysis) is 2. The normalized spacial score (nSPS) is 11.0. The fraction of sp³-hybridized carbons (Fsp3) is 0.326. The van der Waals surface area contributed by atoms with Crippen molar-refractivity contribution in [3.8, 4) is 0 Å². The van der Waals surface area contributed by atoms with E-state index in [-0.39, 0.29) is 78.4 Å². The second kappa shape index (κ2) is 24.8. The number of benzene rings is 4. The molecular formula is C43H50N4O10. The van der Waals surface area contributed by atoms with Crippen LogP contribution in [-0.2, 0) is 50.2 Å². The van der Waals surface area contributed by atoms with E-state index in [1.54, 1.807) is 24.3 Å². The molecule has 1 unspecified atom stereocenters. The molecule has 4 aromatic carbocycles. The number of nitrogens with zero attached hydrogens (tertiary/aromatic N) is 2. The minimum Gasteiger partial charge on any atom is -0.480 e. The summed E-state index contributed by atoms with van der Waals surface area (Å²) in [5.74, 6) is -1.25. The Kier molecular flexibility index (Phi) is 18.7. The highest BCUT2D eigenvalue weighted by Gasteiger charge is 2.31. The lowest BCUT2D eigenvalue weighted by atomic mass is 10.1. The van der Waals surface area contributed by atoms with E-state index in [2.05, 4.69) is 10.6 Å². The maximum atomic E-state index is 13.4. The number of carbonyl (C=O) groups excluding carboxylic acids is 4. The topological polar surface area (TPSA) is 173 Å². The molecular weight excluding hydrogens is 732 g/mol. The van der Waals surface area contributed by atoms with Crippen molar-refractivity contribution in [3.63, 3.8) is 0 Å². The first-order chi connectivity index (χ1) is 27.8. The molecule has 0 saturated carbocycles. The molecule has 3 N–H and O–H groups in total. The third-order valence-electron chi connectivity index (χ3n) is 8.61. The molecule has 57 heavy (non-hydrogen) atoms. The van der Waals surface area contributed by atoms with Gasteiger partial charge in [0.25, 0.3) is 0 Å². The summed E-state index contributed by atoms with van der Waals surface area (Å²) in [6.07, 6.45) is -1.94. The second-order valence-corrected chi connectivity index (χ2v) is 12.9. The summed E-state index contributed by atoms with van der Waals surface area (Å²) in [6, 6.07) is 35.3. The molecule has 0 aliphatic carbocycles. The summed E-state index contributed by atoms with van der Waals surface area (Å²) in [5.41, 5.74) is 3.19. The molecule has 0 aliphatic rings. The lowest BCUT2D eigenvalue weighted by Gasteiger charge is -2.29. The molecule has 4 aromatic rings. The van der Waals surface area contributed by atoms with E-state index < -0.39 is 36.4 Å². The molecule has 1 atom stereocenters. The van der Waals surface area contributed by atoms with E-state index in [1.807, 2.05) is 97.1 Å². The first kappa shape index (κ1) is 43.2. The van der Waals surface area contributed by atoms with E-state index in [9.17, 15) is 29.1 Å². The van der Waals surface area contributed by atoms with Gasteiger partial charge in [-0.1, -0.05) is 121 Å². The summed E-state index contributed by atoms with van der Waals surface area (Å²) in [4.78, 5) is 66.5. The van der Waals surface area contributed by atoms with Crippen molar-refractivity contribution in [2.24, 2.45) is 0 Å². The summed E-state index contributed by atoms with van der Waals surface area (Å²) in [7, 11) is 0. The highest BCUT2D eigenvalue weighted by molar-refractivity contribution is 5.80. The molecule has 14 heteroatoms. The molecule has 0 fully saturated rings. The molecule has 0 aliphatic heterocycles. The van der Waals surface area contributed by atoms with Gasteiger partial charge in [0.2, 0.25) is 0 Å². The van der Waals surface area contributed by atoms with E-state index in [0.29, 0.717) is 6.42 Å². The number of nitrogens with one attached hydrogen (secondary N) is 2. The molecule has 0 radical (unpaired) electrons. The van der Waals surface area contributed by atoms with Crippen molar-refractivity contribution in [3.05, 3.63) is 144 Å². The van der Waals surface area contributed by atoms with Gasteiger partial charge in [0.1, 0.15) is 32.5 Å². The Morgan fingerprint density at radius 3 is 1.28 bits per heavy atom. The Bertz CT molecular complexity index is 1800. The third-order valence-corrected chi connectivity index (χ3v) is 8.61. The van der Waals surface area contributed by atoms with Crippen LogP contribution in [0.25, 0.3) is 0 Å². The number of ether oxygens (including phenoxy) is 4. The van der Waals surface area contributed by atoms with Gasteiger partial charge in [-0.3, -0.25) is 4.90 Å². The van der Waals surface area contributed by atoms with Crippen LogP contribution in [-0.4, -0.2) is 84.0 Å². The van der Waals surface area contributed by atoms with Crippen molar-refractivity contribution >= 4 is 30.3 Å². The summed E-state index contributed by atoms with van der Waals surface area (Å²) in [5, 5.41) is 15.6. The number of carbonyl (C=O) groups is 5. The number of carboxylic acid groups (broad SMARTS) is 1. The van der Waals surface area contributed by atoms with Gasteiger partial charge in [-0.05, 0) is 47.9 Å². The predicted molar refractivity (Wildman–Crippen MR) is 211 cm³/mol. The molecule has 0 bridgehead atoms. The minimum absolute atomic E-state index is 0.0190. The fourth-order valence-electron chi connectivity index (χ4n) is 5.62. The zero-order valence-corrected chi connectivity index (χ0v) is 31.8. The van der Waals surface area contributed by atoms with Crippen molar-refractivity contribution in [1.29, 1.82) is 0 Å². The summed E-state index contributed by atoms with van der Waals surface area (Å²) in [6.45, 7) is 0.744. The summed E-state index contributed by atoms with van der Waals surface area (Å²) < 4.78 is 21.6. The average Bonchev–Trinajstić information content (AvgIpc) is 3.24. The van der Waals surface area contributed by atoms with E-state index >= 15 is 0 Å².